The normalized spacial score (nSPS) is 42.6. The molecule has 0 radical (unpaired) electrons. The first kappa shape index (κ1) is 10.1. The highest BCUT2D eigenvalue weighted by Gasteiger charge is 2.36. The highest BCUT2D eigenvalue weighted by atomic mass is 16.5. The minimum absolute atomic E-state index is 0.417. The molecule has 0 aromatic rings. The van der Waals surface area contributed by atoms with E-state index in [1.807, 2.05) is 0 Å². The molecule has 3 fully saturated rings. The largest absolute Gasteiger partial charge is 0.377 e. The van der Waals surface area contributed by atoms with E-state index in [0.717, 1.165) is 18.7 Å². The van der Waals surface area contributed by atoms with Gasteiger partial charge in [0.05, 0.1) is 6.10 Å². The third kappa shape index (κ3) is 2.19. The van der Waals surface area contributed by atoms with Gasteiger partial charge < -0.3 is 10.1 Å². The summed E-state index contributed by atoms with van der Waals surface area (Å²) in [6.07, 6.45) is 5.83. The smallest absolute Gasteiger partial charge is 0.0700 e. The summed E-state index contributed by atoms with van der Waals surface area (Å²) >= 11 is 0. The van der Waals surface area contributed by atoms with Crippen LogP contribution in [0, 0.1) is 0 Å². The zero-order chi connectivity index (χ0) is 10.3. The lowest BCUT2D eigenvalue weighted by Gasteiger charge is -2.21. The van der Waals surface area contributed by atoms with Crippen LogP contribution in [0.2, 0.25) is 0 Å². The maximum Gasteiger partial charge on any atom is 0.0700 e. The molecule has 3 unspecified atom stereocenters. The standard InChI is InChI=1S/C12H22N2O/c1-9-12(5-7-15-9)13-10-4-6-14(8-10)11-2-3-11/h9-13H,2-8H2,1H3. The molecule has 15 heavy (non-hydrogen) atoms. The highest BCUT2D eigenvalue weighted by molar-refractivity contribution is 4.94. The van der Waals surface area contributed by atoms with Crippen LogP contribution in [0.3, 0.4) is 0 Å². The first-order chi connectivity index (χ1) is 7.33. The maximum atomic E-state index is 5.59. The van der Waals surface area contributed by atoms with Crippen molar-refractivity contribution in [1.29, 1.82) is 0 Å². The average molecular weight is 210 g/mol. The SMILES string of the molecule is CC1OCCC1NC1CCN(C2CC2)C1. The Morgan fingerprint density at radius 1 is 1.20 bits per heavy atom. The van der Waals surface area contributed by atoms with Gasteiger partial charge in [-0.2, -0.15) is 0 Å². The van der Waals surface area contributed by atoms with Crippen LogP contribution in [0.4, 0.5) is 0 Å². The highest BCUT2D eigenvalue weighted by Crippen LogP contribution is 2.30. The number of ether oxygens (including phenoxy) is 1. The van der Waals surface area contributed by atoms with Crippen molar-refractivity contribution >= 4 is 0 Å². The van der Waals surface area contributed by atoms with Gasteiger partial charge in [-0.1, -0.05) is 0 Å². The molecule has 0 aromatic carbocycles. The van der Waals surface area contributed by atoms with Crippen molar-refractivity contribution in [3.8, 4) is 0 Å². The molecule has 86 valence electrons. The van der Waals surface area contributed by atoms with Gasteiger partial charge in [-0.15, -0.1) is 0 Å². The molecule has 1 N–H and O–H groups in total. The van der Waals surface area contributed by atoms with E-state index in [9.17, 15) is 0 Å². The Hall–Kier alpha value is -0.120. The molecule has 1 aliphatic carbocycles. The minimum Gasteiger partial charge on any atom is -0.377 e. The summed E-state index contributed by atoms with van der Waals surface area (Å²) in [5.74, 6) is 0. The number of likely N-dealkylation sites (tertiary alicyclic amines) is 1. The number of rotatable bonds is 3. The summed E-state index contributed by atoms with van der Waals surface area (Å²) in [6, 6.07) is 2.27. The van der Waals surface area contributed by atoms with E-state index in [1.165, 1.54) is 38.8 Å². The predicted octanol–water partition coefficient (Wildman–Crippen LogP) is 0.990. The predicted molar refractivity (Wildman–Crippen MR) is 60.0 cm³/mol. The van der Waals surface area contributed by atoms with Crippen LogP contribution in [0.5, 0.6) is 0 Å². The molecule has 2 heterocycles. The molecular weight excluding hydrogens is 188 g/mol. The number of nitrogens with one attached hydrogen (secondary N) is 1. The fourth-order valence-electron chi connectivity index (χ4n) is 2.95. The number of hydrogen-bond acceptors (Lipinski definition) is 3. The van der Waals surface area contributed by atoms with Crippen LogP contribution in [-0.2, 0) is 4.74 Å². The molecule has 3 atom stereocenters. The monoisotopic (exact) mass is 210 g/mol. The summed E-state index contributed by atoms with van der Waals surface area (Å²) < 4.78 is 5.59. The van der Waals surface area contributed by atoms with Gasteiger partial charge >= 0.3 is 0 Å². The summed E-state index contributed by atoms with van der Waals surface area (Å²) in [7, 11) is 0. The molecule has 3 heteroatoms. The zero-order valence-corrected chi connectivity index (χ0v) is 9.61. The minimum atomic E-state index is 0.417. The van der Waals surface area contributed by atoms with Gasteiger partial charge in [0.25, 0.3) is 0 Å². The third-order valence-electron chi connectivity index (χ3n) is 4.11. The van der Waals surface area contributed by atoms with Crippen LogP contribution in [0.15, 0.2) is 0 Å². The maximum absolute atomic E-state index is 5.59. The van der Waals surface area contributed by atoms with Crippen molar-refractivity contribution in [2.24, 2.45) is 0 Å². The molecule has 1 saturated carbocycles. The van der Waals surface area contributed by atoms with Gasteiger partial charge in [0.2, 0.25) is 0 Å². The lowest BCUT2D eigenvalue weighted by Crippen LogP contribution is -2.43. The van der Waals surface area contributed by atoms with E-state index in [1.54, 1.807) is 0 Å². The second-order valence-electron chi connectivity index (χ2n) is 5.35. The summed E-state index contributed by atoms with van der Waals surface area (Å²) in [5, 5.41) is 3.77. The van der Waals surface area contributed by atoms with E-state index in [4.69, 9.17) is 4.74 Å². The molecule has 0 spiro atoms. The van der Waals surface area contributed by atoms with Crippen molar-refractivity contribution < 1.29 is 4.74 Å². The Labute approximate surface area is 92.2 Å². The van der Waals surface area contributed by atoms with E-state index < -0.39 is 0 Å². The fourth-order valence-corrected chi connectivity index (χ4v) is 2.95. The van der Waals surface area contributed by atoms with Crippen molar-refractivity contribution in [2.75, 3.05) is 19.7 Å². The topological polar surface area (TPSA) is 24.5 Å². The molecule has 2 aliphatic heterocycles. The average Bonchev–Trinajstić information content (AvgIpc) is 2.86. The van der Waals surface area contributed by atoms with Crippen molar-refractivity contribution in [2.45, 2.75) is 56.8 Å². The van der Waals surface area contributed by atoms with Crippen molar-refractivity contribution in [3.05, 3.63) is 0 Å². The molecule has 3 rings (SSSR count). The zero-order valence-electron chi connectivity index (χ0n) is 9.61. The lowest BCUT2D eigenvalue weighted by atomic mass is 10.1. The Kier molecular flexibility index (Phi) is 2.71. The second-order valence-corrected chi connectivity index (χ2v) is 5.35. The third-order valence-corrected chi connectivity index (χ3v) is 4.11. The van der Waals surface area contributed by atoms with Crippen LogP contribution < -0.4 is 5.32 Å². The van der Waals surface area contributed by atoms with Gasteiger partial charge in [-0.05, 0) is 32.6 Å². The molecule has 0 aromatic heterocycles. The lowest BCUT2D eigenvalue weighted by molar-refractivity contribution is 0.111. The number of hydrogen-bond donors (Lipinski definition) is 1. The van der Waals surface area contributed by atoms with Crippen molar-refractivity contribution in [1.82, 2.24) is 10.2 Å². The van der Waals surface area contributed by atoms with E-state index in [0.29, 0.717) is 12.1 Å². The Balaban J connectivity index is 1.47. The molecule has 3 nitrogen and oxygen atoms in total. The van der Waals surface area contributed by atoms with Gasteiger partial charge in [0.15, 0.2) is 0 Å². The van der Waals surface area contributed by atoms with Crippen LogP contribution >= 0.6 is 0 Å². The molecule has 0 bridgehead atoms. The molecule has 0 amide bonds. The van der Waals surface area contributed by atoms with Crippen LogP contribution in [0.25, 0.3) is 0 Å². The van der Waals surface area contributed by atoms with E-state index in [-0.39, 0.29) is 0 Å². The summed E-state index contributed by atoms with van der Waals surface area (Å²) in [5.41, 5.74) is 0. The summed E-state index contributed by atoms with van der Waals surface area (Å²) in [6.45, 7) is 5.72. The van der Waals surface area contributed by atoms with Gasteiger partial charge in [-0.3, -0.25) is 4.90 Å². The van der Waals surface area contributed by atoms with E-state index in [2.05, 4.69) is 17.1 Å². The van der Waals surface area contributed by atoms with Gasteiger partial charge in [-0.25, -0.2) is 0 Å². The quantitative estimate of drug-likeness (QED) is 0.752. The fraction of sp³-hybridized carbons (Fsp3) is 1.00. The molecule has 3 aliphatic rings. The van der Waals surface area contributed by atoms with Crippen LogP contribution in [-0.4, -0.2) is 48.8 Å². The Morgan fingerprint density at radius 3 is 2.73 bits per heavy atom. The van der Waals surface area contributed by atoms with Crippen LogP contribution in [0.1, 0.15) is 32.6 Å². The molecular formula is C12H22N2O. The first-order valence-corrected chi connectivity index (χ1v) is 6.44. The first-order valence-electron chi connectivity index (χ1n) is 6.44. The second kappa shape index (κ2) is 4.04. The Morgan fingerprint density at radius 2 is 2.07 bits per heavy atom. The van der Waals surface area contributed by atoms with Gasteiger partial charge in [0.1, 0.15) is 0 Å². The Bertz CT molecular complexity index is 230. The van der Waals surface area contributed by atoms with E-state index >= 15 is 0 Å². The van der Waals surface area contributed by atoms with Crippen molar-refractivity contribution in [3.63, 3.8) is 0 Å². The van der Waals surface area contributed by atoms with Gasteiger partial charge in [0, 0.05) is 37.8 Å². The summed E-state index contributed by atoms with van der Waals surface area (Å²) in [4.78, 5) is 2.66. The molecule has 2 saturated heterocycles. The number of nitrogens with zero attached hydrogens (tertiary/aromatic N) is 1.